The largest absolute Gasteiger partial charge is 0.391 e. The van der Waals surface area contributed by atoms with Gasteiger partial charge in [0.25, 0.3) is 0 Å². The molecule has 0 aliphatic carbocycles. The van der Waals surface area contributed by atoms with Gasteiger partial charge in [0, 0.05) is 18.3 Å². The van der Waals surface area contributed by atoms with Crippen LogP contribution in [0.25, 0.3) is 0 Å². The fraction of sp³-hybridized carbons (Fsp3) is 0.500. The molecule has 0 rings (SSSR count). The number of amides is 1. The van der Waals surface area contributed by atoms with E-state index >= 15 is 0 Å². The van der Waals surface area contributed by atoms with Gasteiger partial charge in [0.2, 0.25) is 5.91 Å². The predicted molar refractivity (Wildman–Crippen MR) is 36.6 cm³/mol. The summed E-state index contributed by atoms with van der Waals surface area (Å²) in [5.41, 5.74) is 6.38. The first-order valence-corrected chi connectivity index (χ1v) is 2.74. The zero-order chi connectivity index (χ0) is 7.44. The molecule has 1 amide bonds. The maximum atomic E-state index is 10.4. The summed E-state index contributed by atoms with van der Waals surface area (Å²) in [6.07, 6.45) is 0. The number of carbonyl (C=O) groups is 1. The molecule has 0 aromatic rings. The third-order valence-electron chi connectivity index (χ3n) is 1.31. The van der Waals surface area contributed by atoms with Gasteiger partial charge in [0.1, 0.15) is 0 Å². The van der Waals surface area contributed by atoms with Crippen molar-refractivity contribution in [2.45, 2.75) is 13.8 Å². The quantitative estimate of drug-likeness (QED) is 0.514. The fourth-order valence-electron chi connectivity index (χ4n) is 0.372. The molecule has 0 unspecified atom stereocenters. The zero-order valence-electron chi connectivity index (χ0n) is 5.99. The summed E-state index contributed by atoms with van der Waals surface area (Å²) in [6.45, 7) is 3.49. The minimum atomic E-state index is -0.373. The molecule has 0 saturated heterocycles. The summed E-state index contributed by atoms with van der Waals surface area (Å²) < 4.78 is 0. The average molecular weight is 128 g/mol. The lowest BCUT2D eigenvalue weighted by molar-refractivity contribution is -0.114. The third-order valence-corrected chi connectivity index (χ3v) is 1.31. The molecule has 0 aromatic heterocycles. The summed E-state index contributed by atoms with van der Waals surface area (Å²) in [4.78, 5) is 10.4. The topological polar surface area (TPSA) is 55.1 Å². The number of allylic oxidation sites excluding steroid dienone is 1. The summed E-state index contributed by atoms with van der Waals surface area (Å²) in [7, 11) is 1.75. The average Bonchev–Trinajstić information content (AvgIpc) is 1.84. The highest BCUT2D eigenvalue weighted by Gasteiger charge is 1.99. The molecule has 0 fully saturated rings. The van der Waals surface area contributed by atoms with Crippen molar-refractivity contribution in [3.05, 3.63) is 11.3 Å². The second kappa shape index (κ2) is 3.12. The Kier molecular flexibility index (Phi) is 2.78. The van der Waals surface area contributed by atoms with Crippen LogP contribution in [0.3, 0.4) is 0 Å². The fourth-order valence-corrected chi connectivity index (χ4v) is 0.372. The number of rotatable bonds is 2. The van der Waals surface area contributed by atoms with Crippen LogP contribution in [0.4, 0.5) is 0 Å². The Bertz CT molecular complexity index is 149. The molecular weight excluding hydrogens is 116 g/mol. The number of nitrogens with two attached hydrogens (primary N) is 1. The minimum Gasteiger partial charge on any atom is -0.391 e. The molecule has 0 atom stereocenters. The lowest BCUT2D eigenvalue weighted by Crippen LogP contribution is -2.17. The monoisotopic (exact) mass is 128 g/mol. The lowest BCUT2D eigenvalue weighted by atomic mass is 10.2. The first kappa shape index (κ1) is 8.01. The van der Waals surface area contributed by atoms with Gasteiger partial charge in [-0.15, -0.1) is 0 Å². The van der Waals surface area contributed by atoms with Gasteiger partial charge in [-0.05, 0) is 13.8 Å². The first-order valence-electron chi connectivity index (χ1n) is 2.74. The number of hydrogen-bond donors (Lipinski definition) is 2. The van der Waals surface area contributed by atoms with Crippen LogP contribution in [0, 0.1) is 0 Å². The van der Waals surface area contributed by atoms with Crippen LogP contribution in [0.15, 0.2) is 11.3 Å². The normalized spacial score (nSPS) is 12.3. The van der Waals surface area contributed by atoms with E-state index in [1.165, 1.54) is 0 Å². The van der Waals surface area contributed by atoms with E-state index in [-0.39, 0.29) is 5.91 Å². The SMILES string of the molecule is CN/C(C)=C(\C)C(N)=O. The Morgan fingerprint density at radius 3 is 2.00 bits per heavy atom. The second-order valence-electron chi connectivity index (χ2n) is 1.86. The van der Waals surface area contributed by atoms with Crippen molar-refractivity contribution in [3.8, 4) is 0 Å². The van der Waals surface area contributed by atoms with Crippen molar-refractivity contribution in [2.24, 2.45) is 5.73 Å². The molecule has 3 nitrogen and oxygen atoms in total. The van der Waals surface area contributed by atoms with Crippen LogP contribution < -0.4 is 11.1 Å². The van der Waals surface area contributed by atoms with Gasteiger partial charge in [0.15, 0.2) is 0 Å². The van der Waals surface area contributed by atoms with Crippen LogP contribution in [-0.2, 0) is 4.79 Å². The Hall–Kier alpha value is -0.990. The van der Waals surface area contributed by atoms with E-state index in [1.807, 2.05) is 0 Å². The number of hydrogen-bond acceptors (Lipinski definition) is 2. The number of carbonyl (C=O) groups excluding carboxylic acids is 1. The Labute approximate surface area is 54.9 Å². The van der Waals surface area contributed by atoms with Crippen molar-refractivity contribution in [1.29, 1.82) is 0 Å². The second-order valence-corrected chi connectivity index (χ2v) is 1.86. The van der Waals surface area contributed by atoms with Gasteiger partial charge in [-0.2, -0.15) is 0 Å². The van der Waals surface area contributed by atoms with Crippen molar-refractivity contribution in [1.82, 2.24) is 5.32 Å². The van der Waals surface area contributed by atoms with E-state index in [0.29, 0.717) is 5.57 Å². The molecule has 0 aliphatic rings. The zero-order valence-corrected chi connectivity index (χ0v) is 5.99. The van der Waals surface area contributed by atoms with Crippen LogP contribution in [0.2, 0.25) is 0 Å². The number of nitrogens with one attached hydrogen (secondary N) is 1. The molecule has 0 bridgehead atoms. The molecule has 0 spiro atoms. The molecule has 3 N–H and O–H groups in total. The Morgan fingerprint density at radius 2 is 1.89 bits per heavy atom. The van der Waals surface area contributed by atoms with Crippen LogP contribution in [0.5, 0.6) is 0 Å². The van der Waals surface area contributed by atoms with E-state index < -0.39 is 0 Å². The Balaban J connectivity index is 4.28. The molecule has 0 saturated carbocycles. The van der Waals surface area contributed by atoms with Gasteiger partial charge in [-0.3, -0.25) is 4.79 Å². The van der Waals surface area contributed by atoms with Gasteiger partial charge >= 0.3 is 0 Å². The van der Waals surface area contributed by atoms with E-state index in [2.05, 4.69) is 5.32 Å². The van der Waals surface area contributed by atoms with E-state index in [9.17, 15) is 4.79 Å². The molecule has 0 aromatic carbocycles. The van der Waals surface area contributed by atoms with Gasteiger partial charge in [0.05, 0.1) is 0 Å². The molecule has 9 heavy (non-hydrogen) atoms. The predicted octanol–water partition coefficient (Wildman–Crippen LogP) is -0.0150. The van der Waals surface area contributed by atoms with Gasteiger partial charge in [-0.1, -0.05) is 0 Å². The molecule has 3 heteroatoms. The van der Waals surface area contributed by atoms with Crippen LogP contribution in [0.1, 0.15) is 13.8 Å². The molecule has 0 radical (unpaired) electrons. The summed E-state index contributed by atoms with van der Waals surface area (Å²) in [6, 6.07) is 0. The van der Waals surface area contributed by atoms with Gasteiger partial charge < -0.3 is 11.1 Å². The van der Waals surface area contributed by atoms with E-state index in [0.717, 1.165) is 5.70 Å². The van der Waals surface area contributed by atoms with Gasteiger partial charge in [-0.25, -0.2) is 0 Å². The highest BCUT2D eigenvalue weighted by Crippen LogP contribution is 1.95. The minimum absolute atomic E-state index is 0.373. The van der Waals surface area contributed by atoms with Crippen LogP contribution in [-0.4, -0.2) is 13.0 Å². The first-order chi connectivity index (χ1) is 4.09. The van der Waals surface area contributed by atoms with Crippen molar-refractivity contribution < 1.29 is 4.79 Å². The van der Waals surface area contributed by atoms with Crippen molar-refractivity contribution >= 4 is 5.91 Å². The van der Waals surface area contributed by atoms with Crippen LogP contribution >= 0.6 is 0 Å². The van der Waals surface area contributed by atoms with E-state index in [1.54, 1.807) is 20.9 Å². The Morgan fingerprint density at radius 1 is 1.44 bits per heavy atom. The molecule has 0 aliphatic heterocycles. The summed E-state index contributed by atoms with van der Waals surface area (Å²) in [5, 5.41) is 2.82. The molecule has 0 heterocycles. The van der Waals surface area contributed by atoms with E-state index in [4.69, 9.17) is 5.73 Å². The highest BCUT2D eigenvalue weighted by molar-refractivity contribution is 5.91. The smallest absolute Gasteiger partial charge is 0.246 e. The maximum absolute atomic E-state index is 10.4. The maximum Gasteiger partial charge on any atom is 0.246 e. The lowest BCUT2D eigenvalue weighted by Gasteiger charge is -2.01. The summed E-state index contributed by atoms with van der Waals surface area (Å²) >= 11 is 0. The number of primary amides is 1. The molecular formula is C6H12N2O. The van der Waals surface area contributed by atoms with Crippen molar-refractivity contribution in [3.63, 3.8) is 0 Å². The standard InChI is InChI=1S/C6H12N2O/c1-4(6(7)9)5(2)8-3/h8H,1-3H3,(H2,7,9)/b5-4+. The summed E-state index contributed by atoms with van der Waals surface area (Å²) in [5.74, 6) is -0.373. The third kappa shape index (κ3) is 2.17. The van der Waals surface area contributed by atoms with Crippen molar-refractivity contribution in [2.75, 3.05) is 7.05 Å². The molecule has 52 valence electrons. The highest BCUT2D eigenvalue weighted by atomic mass is 16.1.